The summed E-state index contributed by atoms with van der Waals surface area (Å²) in [7, 11) is 0. The molecule has 0 unspecified atom stereocenters. The van der Waals surface area contributed by atoms with Crippen molar-refractivity contribution in [3.63, 3.8) is 0 Å². The molecule has 23 heavy (non-hydrogen) atoms. The highest BCUT2D eigenvalue weighted by Gasteiger charge is 2.42. The van der Waals surface area contributed by atoms with Crippen LogP contribution in [0, 0.1) is 0 Å². The van der Waals surface area contributed by atoms with E-state index in [-0.39, 0.29) is 0 Å². The zero-order valence-corrected chi connectivity index (χ0v) is 13.0. The third-order valence-electron chi connectivity index (χ3n) is 4.07. The van der Waals surface area contributed by atoms with Gasteiger partial charge in [0.1, 0.15) is 6.10 Å². The molecule has 0 spiro atoms. The Morgan fingerprint density at radius 1 is 0.957 bits per heavy atom. The number of carbonyl (C=O) groups is 1. The summed E-state index contributed by atoms with van der Waals surface area (Å²) in [6.45, 7) is 1.81. The van der Waals surface area contributed by atoms with Gasteiger partial charge in [0, 0.05) is 0 Å². The monoisotopic (exact) mass is 312 g/mol. The van der Waals surface area contributed by atoms with Crippen LogP contribution >= 0.6 is 0 Å². The number of carbonyl (C=O) groups excluding carboxylic acids is 1. The van der Waals surface area contributed by atoms with Gasteiger partial charge in [0.05, 0.1) is 6.10 Å². The Balaban J connectivity index is 1.96. The predicted octanol–water partition coefficient (Wildman–Crippen LogP) is 3.18. The zero-order valence-electron chi connectivity index (χ0n) is 13.0. The molecule has 1 heterocycles. The van der Waals surface area contributed by atoms with E-state index in [2.05, 4.69) is 0 Å². The number of aliphatic hydroxyl groups excluding tert-OH is 1. The maximum Gasteiger partial charge on any atom is 0.338 e. The lowest BCUT2D eigenvalue weighted by atomic mass is 9.96. The summed E-state index contributed by atoms with van der Waals surface area (Å²) in [5.74, 6) is -0.514. The number of rotatable bonds is 4. The van der Waals surface area contributed by atoms with E-state index in [0.29, 0.717) is 6.42 Å². The molecule has 2 aromatic carbocycles. The first-order chi connectivity index (χ1) is 11.2. The average Bonchev–Trinajstić information content (AvgIpc) is 2.62. The van der Waals surface area contributed by atoms with E-state index in [0.717, 1.165) is 11.1 Å². The molecule has 1 fully saturated rings. The maximum atomic E-state index is 12.2. The van der Waals surface area contributed by atoms with Crippen LogP contribution in [0.2, 0.25) is 0 Å². The number of ether oxygens (including phenoxy) is 2. The van der Waals surface area contributed by atoms with Crippen molar-refractivity contribution in [1.82, 2.24) is 0 Å². The first-order valence-electron chi connectivity index (χ1n) is 7.84. The lowest BCUT2D eigenvalue weighted by Crippen LogP contribution is -2.45. The van der Waals surface area contributed by atoms with Gasteiger partial charge in [-0.25, -0.2) is 4.79 Å². The molecular weight excluding hydrogens is 292 g/mol. The first kappa shape index (κ1) is 15.7. The minimum atomic E-state index is -0.954. The molecule has 0 bridgehead atoms. The van der Waals surface area contributed by atoms with Crippen LogP contribution in [-0.2, 0) is 14.3 Å². The molecule has 1 aliphatic heterocycles. The molecule has 120 valence electrons. The van der Waals surface area contributed by atoms with Gasteiger partial charge in [-0.15, -0.1) is 0 Å². The third kappa shape index (κ3) is 3.28. The number of aliphatic hydroxyl groups is 1. The fourth-order valence-electron chi connectivity index (χ4n) is 2.78. The summed E-state index contributed by atoms with van der Waals surface area (Å²) in [4.78, 5) is 12.2. The van der Waals surface area contributed by atoms with Crippen LogP contribution in [0.25, 0.3) is 0 Å². The van der Waals surface area contributed by atoms with E-state index in [1.165, 1.54) is 0 Å². The highest BCUT2D eigenvalue weighted by Crippen LogP contribution is 2.40. The Morgan fingerprint density at radius 3 is 2.00 bits per heavy atom. The van der Waals surface area contributed by atoms with E-state index in [1.54, 1.807) is 0 Å². The molecule has 1 saturated heterocycles. The normalized spacial score (nSPS) is 25.7. The Kier molecular flexibility index (Phi) is 4.74. The molecule has 0 aliphatic carbocycles. The topological polar surface area (TPSA) is 55.8 Å². The quantitative estimate of drug-likeness (QED) is 0.881. The molecule has 4 heteroatoms. The Hall–Kier alpha value is -2.17. The molecule has 4 atom stereocenters. The Labute approximate surface area is 135 Å². The van der Waals surface area contributed by atoms with Crippen molar-refractivity contribution in [3.05, 3.63) is 71.8 Å². The van der Waals surface area contributed by atoms with Crippen molar-refractivity contribution in [1.29, 1.82) is 0 Å². The van der Waals surface area contributed by atoms with E-state index < -0.39 is 30.4 Å². The van der Waals surface area contributed by atoms with Gasteiger partial charge in [0.25, 0.3) is 0 Å². The highest BCUT2D eigenvalue weighted by atomic mass is 16.6. The third-order valence-corrected chi connectivity index (χ3v) is 4.07. The van der Waals surface area contributed by atoms with Crippen molar-refractivity contribution in [2.24, 2.45) is 0 Å². The predicted molar refractivity (Wildman–Crippen MR) is 85.6 cm³/mol. The van der Waals surface area contributed by atoms with Gasteiger partial charge < -0.3 is 14.6 Å². The largest absolute Gasteiger partial charge is 0.452 e. The lowest BCUT2D eigenvalue weighted by Gasteiger charge is -2.37. The number of esters is 1. The second-order valence-corrected chi connectivity index (χ2v) is 5.63. The summed E-state index contributed by atoms with van der Waals surface area (Å²) in [5, 5.41) is 10.0. The van der Waals surface area contributed by atoms with Crippen molar-refractivity contribution in [2.45, 2.75) is 37.8 Å². The fourth-order valence-corrected chi connectivity index (χ4v) is 2.78. The van der Waals surface area contributed by atoms with Gasteiger partial charge in [0.2, 0.25) is 0 Å². The van der Waals surface area contributed by atoms with E-state index >= 15 is 0 Å². The number of hydrogen-bond acceptors (Lipinski definition) is 4. The molecule has 1 N–H and O–H groups in total. The van der Waals surface area contributed by atoms with Gasteiger partial charge >= 0.3 is 5.97 Å². The van der Waals surface area contributed by atoms with Crippen LogP contribution in [-0.4, -0.2) is 23.3 Å². The molecule has 0 amide bonds. The van der Waals surface area contributed by atoms with Crippen molar-refractivity contribution >= 4 is 5.97 Å². The Morgan fingerprint density at radius 2 is 1.48 bits per heavy atom. The van der Waals surface area contributed by atoms with Crippen LogP contribution in [0.1, 0.15) is 36.7 Å². The van der Waals surface area contributed by atoms with Crippen molar-refractivity contribution in [2.75, 3.05) is 0 Å². The zero-order chi connectivity index (χ0) is 16.2. The second kappa shape index (κ2) is 6.94. The highest BCUT2D eigenvalue weighted by molar-refractivity contribution is 5.76. The summed E-state index contributed by atoms with van der Waals surface area (Å²) >= 11 is 0. The molecule has 4 nitrogen and oxygen atoms in total. The van der Waals surface area contributed by atoms with E-state index in [1.807, 2.05) is 67.6 Å². The van der Waals surface area contributed by atoms with Crippen LogP contribution in [0.5, 0.6) is 0 Å². The number of cyclic esters (lactones) is 1. The molecule has 2 aromatic rings. The summed E-state index contributed by atoms with van der Waals surface area (Å²) in [6.07, 6.45) is -2.36. The van der Waals surface area contributed by atoms with E-state index in [9.17, 15) is 9.90 Å². The van der Waals surface area contributed by atoms with Crippen LogP contribution in [0.4, 0.5) is 0 Å². The lowest BCUT2D eigenvalue weighted by molar-refractivity contribution is -0.216. The standard InChI is InChI=1S/C19H20O4/c1-2-15(20)18-19(21)23-17(14-11-7-4-8-12-14)16(22-18)13-9-5-3-6-10-13/h3-12,15-18,20H,2H2,1H3/t15-,16+,17+,18-/m1/s1. The van der Waals surface area contributed by atoms with E-state index in [4.69, 9.17) is 9.47 Å². The number of hydrogen-bond donors (Lipinski definition) is 1. The summed E-state index contributed by atoms with van der Waals surface area (Å²) < 4.78 is 11.6. The smallest absolute Gasteiger partial charge is 0.338 e. The van der Waals surface area contributed by atoms with Gasteiger partial charge in [0.15, 0.2) is 12.2 Å². The van der Waals surface area contributed by atoms with Crippen LogP contribution in [0.3, 0.4) is 0 Å². The number of benzene rings is 2. The maximum absolute atomic E-state index is 12.2. The van der Waals surface area contributed by atoms with Gasteiger partial charge in [-0.05, 0) is 17.5 Å². The summed E-state index contributed by atoms with van der Waals surface area (Å²) in [5.41, 5.74) is 1.79. The van der Waals surface area contributed by atoms with Gasteiger partial charge in [-0.1, -0.05) is 67.6 Å². The van der Waals surface area contributed by atoms with Crippen LogP contribution < -0.4 is 0 Å². The summed E-state index contributed by atoms with van der Waals surface area (Å²) in [6, 6.07) is 19.2. The SMILES string of the molecule is CC[C@@H](O)[C@H]1O[C@@H](c2ccccc2)[C@H](c2ccccc2)OC1=O. The molecule has 0 aromatic heterocycles. The first-order valence-corrected chi connectivity index (χ1v) is 7.84. The minimum absolute atomic E-state index is 0.428. The molecule has 1 aliphatic rings. The average molecular weight is 312 g/mol. The van der Waals surface area contributed by atoms with Crippen molar-refractivity contribution in [3.8, 4) is 0 Å². The molecule has 0 saturated carbocycles. The van der Waals surface area contributed by atoms with Gasteiger partial charge in [-0.2, -0.15) is 0 Å². The molecular formula is C19H20O4. The fraction of sp³-hybridized carbons (Fsp3) is 0.316. The Bertz CT molecular complexity index is 641. The van der Waals surface area contributed by atoms with Crippen LogP contribution in [0.15, 0.2) is 60.7 Å². The van der Waals surface area contributed by atoms with Crippen molar-refractivity contribution < 1.29 is 19.4 Å². The second-order valence-electron chi connectivity index (χ2n) is 5.63. The molecule has 3 rings (SSSR count). The van der Waals surface area contributed by atoms with Gasteiger partial charge in [-0.3, -0.25) is 0 Å². The molecule has 0 radical (unpaired) electrons. The minimum Gasteiger partial charge on any atom is -0.452 e.